The van der Waals surface area contributed by atoms with Crippen molar-refractivity contribution in [3.05, 3.63) is 50.7 Å². The molecule has 0 unspecified atom stereocenters. The SMILES string of the molecule is FC(F)(F)c1cc(-c2c(Cl)ccc(Cl)c2Cl)c(C(F)(F)F)cn1. The fraction of sp³-hybridized carbons (Fsp3) is 0.154. The van der Waals surface area contributed by atoms with Crippen LogP contribution in [0, 0.1) is 0 Å². The molecule has 2 aromatic rings. The van der Waals surface area contributed by atoms with Gasteiger partial charge in [-0.25, -0.2) is 0 Å². The molecule has 124 valence electrons. The zero-order chi connectivity index (χ0) is 17.6. The Labute approximate surface area is 140 Å². The quantitative estimate of drug-likeness (QED) is 0.385. The van der Waals surface area contributed by atoms with Crippen LogP contribution in [0.25, 0.3) is 11.1 Å². The van der Waals surface area contributed by atoms with Crippen molar-refractivity contribution in [3.8, 4) is 11.1 Å². The molecule has 1 aromatic carbocycles. The zero-order valence-corrected chi connectivity index (χ0v) is 12.9. The summed E-state index contributed by atoms with van der Waals surface area (Å²) in [5.41, 5.74) is -4.21. The van der Waals surface area contributed by atoms with Crippen LogP contribution in [0.5, 0.6) is 0 Å². The van der Waals surface area contributed by atoms with Gasteiger partial charge in [0, 0.05) is 17.3 Å². The number of hydrogen-bond donors (Lipinski definition) is 0. The lowest BCUT2D eigenvalue weighted by Crippen LogP contribution is -2.13. The van der Waals surface area contributed by atoms with E-state index in [0.29, 0.717) is 0 Å². The maximum absolute atomic E-state index is 13.1. The summed E-state index contributed by atoms with van der Waals surface area (Å²) in [4.78, 5) is 2.82. The van der Waals surface area contributed by atoms with E-state index in [1.165, 1.54) is 6.07 Å². The van der Waals surface area contributed by atoms with E-state index in [-0.39, 0.29) is 27.3 Å². The van der Waals surface area contributed by atoms with Gasteiger partial charge in [0.2, 0.25) is 0 Å². The third-order valence-electron chi connectivity index (χ3n) is 2.81. The maximum Gasteiger partial charge on any atom is 0.433 e. The van der Waals surface area contributed by atoms with E-state index in [2.05, 4.69) is 4.98 Å². The zero-order valence-electron chi connectivity index (χ0n) is 10.7. The average molecular weight is 395 g/mol. The fourth-order valence-electron chi connectivity index (χ4n) is 1.82. The topological polar surface area (TPSA) is 12.9 Å². The van der Waals surface area contributed by atoms with E-state index in [1.807, 2.05) is 0 Å². The molecule has 23 heavy (non-hydrogen) atoms. The van der Waals surface area contributed by atoms with Crippen molar-refractivity contribution in [2.75, 3.05) is 0 Å². The molecule has 0 bridgehead atoms. The number of benzene rings is 1. The molecule has 0 aliphatic rings. The summed E-state index contributed by atoms with van der Waals surface area (Å²) >= 11 is 17.4. The number of hydrogen-bond acceptors (Lipinski definition) is 1. The standard InChI is InChI=1S/C13H4Cl3F6N/c14-7-1-2-8(15)11(16)10(7)5-3-9(13(20,21)22)23-4-6(5)12(17,18)19/h1-4H. The van der Waals surface area contributed by atoms with Crippen LogP contribution in [0.3, 0.4) is 0 Å². The molecule has 10 heteroatoms. The molecule has 0 fully saturated rings. The van der Waals surface area contributed by atoms with Gasteiger partial charge in [0.1, 0.15) is 5.69 Å². The summed E-state index contributed by atoms with van der Waals surface area (Å²) in [6.07, 6.45) is -9.80. The van der Waals surface area contributed by atoms with E-state index in [1.54, 1.807) is 0 Å². The third kappa shape index (κ3) is 3.67. The Morgan fingerprint density at radius 2 is 1.39 bits per heavy atom. The second-order valence-electron chi connectivity index (χ2n) is 4.33. The molecule has 0 aliphatic heterocycles. The van der Waals surface area contributed by atoms with Crippen LogP contribution in [-0.2, 0) is 12.4 Å². The molecule has 2 rings (SSSR count). The normalized spacial score (nSPS) is 12.6. The first-order valence-corrected chi connectivity index (χ1v) is 6.84. The van der Waals surface area contributed by atoms with Gasteiger partial charge in [0.05, 0.1) is 20.6 Å². The van der Waals surface area contributed by atoms with Crippen LogP contribution in [0.1, 0.15) is 11.3 Å². The van der Waals surface area contributed by atoms with Crippen LogP contribution < -0.4 is 0 Å². The number of rotatable bonds is 1. The average Bonchev–Trinajstić information content (AvgIpc) is 2.41. The van der Waals surface area contributed by atoms with Gasteiger partial charge in [0.15, 0.2) is 0 Å². The van der Waals surface area contributed by atoms with Crippen LogP contribution in [0.4, 0.5) is 26.3 Å². The van der Waals surface area contributed by atoms with Gasteiger partial charge >= 0.3 is 12.4 Å². The Morgan fingerprint density at radius 3 is 1.91 bits per heavy atom. The minimum absolute atomic E-state index is 0.0890. The maximum atomic E-state index is 13.1. The molecule has 0 saturated carbocycles. The molecule has 0 aliphatic carbocycles. The number of halogens is 9. The van der Waals surface area contributed by atoms with Gasteiger partial charge in [-0.05, 0) is 18.2 Å². The monoisotopic (exact) mass is 393 g/mol. The summed E-state index contributed by atoms with van der Waals surface area (Å²) in [7, 11) is 0. The van der Waals surface area contributed by atoms with Crippen molar-refractivity contribution in [2.45, 2.75) is 12.4 Å². The molecular weight excluding hydrogens is 390 g/mol. The molecule has 0 saturated heterocycles. The van der Waals surface area contributed by atoms with Crippen LogP contribution >= 0.6 is 34.8 Å². The van der Waals surface area contributed by atoms with Crippen molar-refractivity contribution < 1.29 is 26.3 Å². The molecule has 0 atom stereocenters. The van der Waals surface area contributed by atoms with E-state index in [0.717, 1.165) is 6.07 Å². The fourth-order valence-corrected chi connectivity index (χ4v) is 2.55. The minimum atomic E-state index is -4.96. The van der Waals surface area contributed by atoms with Gasteiger partial charge in [0.25, 0.3) is 0 Å². The Bertz CT molecular complexity index is 755. The van der Waals surface area contributed by atoms with Crippen molar-refractivity contribution in [1.29, 1.82) is 0 Å². The van der Waals surface area contributed by atoms with Gasteiger partial charge in [-0.15, -0.1) is 0 Å². The predicted octanol–water partition coefficient (Wildman–Crippen LogP) is 6.75. The van der Waals surface area contributed by atoms with Gasteiger partial charge < -0.3 is 0 Å². The first-order chi connectivity index (χ1) is 10.4. The highest BCUT2D eigenvalue weighted by atomic mass is 35.5. The summed E-state index contributed by atoms with van der Waals surface area (Å²) in [6, 6.07) is 2.60. The molecular formula is C13H4Cl3F6N. The molecule has 0 radical (unpaired) electrons. The van der Waals surface area contributed by atoms with Crippen LogP contribution in [0.2, 0.25) is 15.1 Å². The van der Waals surface area contributed by atoms with Crippen molar-refractivity contribution in [3.63, 3.8) is 0 Å². The lowest BCUT2D eigenvalue weighted by atomic mass is 9.99. The first kappa shape index (κ1) is 18.2. The molecule has 0 amide bonds. The Kier molecular flexibility index (Phi) is 4.76. The second-order valence-corrected chi connectivity index (χ2v) is 5.52. The minimum Gasteiger partial charge on any atom is -0.251 e. The van der Waals surface area contributed by atoms with Gasteiger partial charge in [-0.2, -0.15) is 26.3 Å². The lowest BCUT2D eigenvalue weighted by Gasteiger charge is -2.17. The Hall–Kier alpha value is -1.18. The highest BCUT2D eigenvalue weighted by Crippen LogP contribution is 2.45. The highest BCUT2D eigenvalue weighted by molar-refractivity contribution is 6.46. The van der Waals surface area contributed by atoms with Crippen molar-refractivity contribution >= 4 is 34.8 Å². The van der Waals surface area contributed by atoms with Gasteiger partial charge in [-0.1, -0.05) is 34.8 Å². The number of nitrogens with zero attached hydrogens (tertiary/aromatic N) is 1. The van der Waals surface area contributed by atoms with E-state index in [4.69, 9.17) is 34.8 Å². The lowest BCUT2D eigenvalue weighted by molar-refractivity contribution is -0.144. The molecule has 1 nitrogen and oxygen atoms in total. The molecule has 0 spiro atoms. The number of pyridine rings is 1. The first-order valence-electron chi connectivity index (χ1n) is 5.71. The van der Waals surface area contributed by atoms with E-state index < -0.39 is 34.7 Å². The molecule has 0 N–H and O–H groups in total. The van der Waals surface area contributed by atoms with E-state index in [9.17, 15) is 26.3 Å². The number of aromatic nitrogens is 1. The second kappa shape index (κ2) is 6.03. The van der Waals surface area contributed by atoms with Crippen molar-refractivity contribution in [1.82, 2.24) is 4.98 Å². The summed E-state index contributed by atoms with van der Waals surface area (Å²) in [6.45, 7) is 0. The van der Waals surface area contributed by atoms with Crippen LogP contribution in [-0.4, -0.2) is 4.98 Å². The summed E-state index contributed by atoms with van der Waals surface area (Å²) < 4.78 is 77.5. The Balaban J connectivity index is 2.86. The van der Waals surface area contributed by atoms with Gasteiger partial charge in [-0.3, -0.25) is 4.98 Å². The largest absolute Gasteiger partial charge is 0.433 e. The molecule has 1 aromatic heterocycles. The summed E-state index contributed by atoms with van der Waals surface area (Å²) in [5.74, 6) is 0. The molecule has 1 heterocycles. The number of alkyl halides is 6. The highest BCUT2D eigenvalue weighted by Gasteiger charge is 2.39. The van der Waals surface area contributed by atoms with Crippen molar-refractivity contribution in [2.24, 2.45) is 0 Å². The van der Waals surface area contributed by atoms with Crippen LogP contribution in [0.15, 0.2) is 24.4 Å². The third-order valence-corrected chi connectivity index (χ3v) is 3.93. The predicted molar refractivity (Wildman–Crippen MR) is 74.7 cm³/mol. The Morgan fingerprint density at radius 1 is 0.826 bits per heavy atom. The smallest absolute Gasteiger partial charge is 0.251 e. The summed E-state index contributed by atoms with van der Waals surface area (Å²) in [5, 5.41) is -0.808. The van der Waals surface area contributed by atoms with E-state index >= 15 is 0 Å².